The number of benzene rings is 1. The smallest absolute Gasteiger partial charge is 0.333 e. The van der Waals surface area contributed by atoms with Crippen LogP contribution in [-0.4, -0.2) is 46.7 Å². The molecule has 2 heterocycles. The van der Waals surface area contributed by atoms with Gasteiger partial charge < -0.3 is 14.3 Å². The second-order valence-corrected chi connectivity index (χ2v) is 7.72. The van der Waals surface area contributed by atoms with E-state index in [9.17, 15) is 14.7 Å². The van der Waals surface area contributed by atoms with Gasteiger partial charge in [-0.15, -0.1) is 0 Å². The van der Waals surface area contributed by atoms with Crippen molar-refractivity contribution in [3.8, 4) is 11.5 Å². The summed E-state index contributed by atoms with van der Waals surface area (Å²) in [4.78, 5) is 33.5. The summed E-state index contributed by atoms with van der Waals surface area (Å²) < 4.78 is 10.9. The molecule has 0 aliphatic heterocycles. The Morgan fingerprint density at radius 1 is 1.26 bits per heavy atom. The molecule has 0 spiro atoms. The lowest BCUT2D eigenvalue weighted by atomic mass is 9.78. The molecule has 1 aromatic carbocycles. The second kappa shape index (κ2) is 13.2. The van der Waals surface area contributed by atoms with Gasteiger partial charge in [0, 0.05) is 42.3 Å². The number of hydrogen-bond donors (Lipinski definition) is 2. The average Bonchev–Trinajstić information content (AvgIpc) is 3.42. The fraction of sp³-hybridized carbons (Fsp3) is 0.296. The fourth-order valence-corrected chi connectivity index (χ4v) is 3.87. The predicted octanol–water partition coefficient (Wildman–Crippen LogP) is 4.28. The van der Waals surface area contributed by atoms with Crippen molar-refractivity contribution >= 4 is 18.0 Å². The van der Waals surface area contributed by atoms with Crippen LogP contribution in [0.15, 0.2) is 77.3 Å². The van der Waals surface area contributed by atoms with Crippen LogP contribution in [0.2, 0.25) is 0 Å². The molecular weight excluding hydrogens is 446 g/mol. The standard InChI is InChI=1S/C27H29N3O5/c1-2-34-17-8-15-30-27(26(32)33,24-13-6-5-12-23(24)25-29-16-18-35-25)22(20-31)11-4-3-9-21-10-7-14-28-19-21/h3,5-7,9-10,12-14,16,18-19,30H,2,4,8,11,15,17H2,1H3,(H,32,33). The summed E-state index contributed by atoms with van der Waals surface area (Å²) in [7, 11) is 0. The topological polar surface area (TPSA) is 115 Å². The number of aromatic nitrogens is 2. The quantitative estimate of drug-likeness (QED) is 0.262. The molecule has 3 aromatic rings. The molecule has 1 atom stereocenters. The molecule has 2 N–H and O–H groups in total. The van der Waals surface area contributed by atoms with E-state index < -0.39 is 11.5 Å². The van der Waals surface area contributed by atoms with E-state index in [2.05, 4.69) is 15.3 Å². The third-order valence-electron chi connectivity index (χ3n) is 5.51. The summed E-state index contributed by atoms with van der Waals surface area (Å²) in [6, 6.07) is 10.6. The molecule has 2 aromatic heterocycles. The number of carbonyl (C=O) groups is 1. The molecule has 182 valence electrons. The van der Waals surface area contributed by atoms with Gasteiger partial charge in [0.05, 0.1) is 6.20 Å². The van der Waals surface area contributed by atoms with E-state index in [1.807, 2.05) is 37.1 Å². The minimum Gasteiger partial charge on any atom is -0.479 e. The number of nitrogens with one attached hydrogen (secondary N) is 1. The van der Waals surface area contributed by atoms with Gasteiger partial charge in [-0.05, 0) is 50.4 Å². The Labute approximate surface area is 204 Å². The predicted molar refractivity (Wildman–Crippen MR) is 132 cm³/mol. The van der Waals surface area contributed by atoms with Gasteiger partial charge in [0.1, 0.15) is 12.2 Å². The number of oxazole rings is 1. The Kier molecular flexibility index (Phi) is 9.69. The minimum absolute atomic E-state index is 0.0799. The largest absolute Gasteiger partial charge is 0.479 e. The Bertz CT molecular complexity index is 1150. The van der Waals surface area contributed by atoms with E-state index in [1.165, 1.54) is 12.5 Å². The maximum atomic E-state index is 12.9. The van der Waals surface area contributed by atoms with Crippen molar-refractivity contribution in [3.63, 3.8) is 0 Å². The minimum atomic E-state index is -1.82. The van der Waals surface area contributed by atoms with Gasteiger partial charge in [0.25, 0.3) is 0 Å². The zero-order chi connectivity index (χ0) is 24.9. The highest BCUT2D eigenvalue weighted by molar-refractivity contribution is 5.91. The number of nitrogens with zero attached hydrogens (tertiary/aromatic N) is 2. The monoisotopic (exact) mass is 475 g/mol. The number of allylic oxidation sites excluding steroid dienone is 1. The molecule has 0 bridgehead atoms. The average molecular weight is 476 g/mol. The lowest BCUT2D eigenvalue weighted by Gasteiger charge is -2.33. The molecule has 0 aliphatic carbocycles. The molecule has 0 radical (unpaired) electrons. The summed E-state index contributed by atoms with van der Waals surface area (Å²) in [6.45, 7) is 3.24. The van der Waals surface area contributed by atoms with Crippen LogP contribution in [0.4, 0.5) is 0 Å². The number of ether oxygens (including phenoxy) is 1. The highest BCUT2D eigenvalue weighted by Crippen LogP contribution is 2.37. The highest BCUT2D eigenvalue weighted by atomic mass is 16.5. The molecule has 0 fully saturated rings. The number of carboxylic acids is 1. The molecule has 35 heavy (non-hydrogen) atoms. The zero-order valence-corrected chi connectivity index (χ0v) is 19.6. The first-order valence-electron chi connectivity index (χ1n) is 11.5. The molecular formula is C27H29N3O5. The van der Waals surface area contributed by atoms with Crippen LogP contribution in [0, 0.1) is 0 Å². The van der Waals surface area contributed by atoms with Crippen LogP contribution in [0.1, 0.15) is 37.3 Å². The molecule has 0 saturated heterocycles. The SMILES string of the molecule is CCOCCCNC(C(=O)O)(C(=C=O)CCC=Cc1cccnc1)c1ccccc1-c1ncco1. The van der Waals surface area contributed by atoms with Crippen molar-refractivity contribution in [1.82, 2.24) is 15.3 Å². The molecule has 0 aliphatic rings. The van der Waals surface area contributed by atoms with E-state index in [0.717, 1.165) is 5.56 Å². The van der Waals surface area contributed by atoms with Gasteiger partial charge >= 0.3 is 5.97 Å². The van der Waals surface area contributed by atoms with Gasteiger partial charge in [-0.25, -0.2) is 14.6 Å². The Morgan fingerprint density at radius 2 is 2.11 bits per heavy atom. The second-order valence-electron chi connectivity index (χ2n) is 7.72. The van der Waals surface area contributed by atoms with E-state index in [0.29, 0.717) is 43.7 Å². The van der Waals surface area contributed by atoms with Gasteiger partial charge in [-0.1, -0.05) is 36.4 Å². The number of aliphatic carboxylic acids is 1. The third kappa shape index (κ3) is 6.39. The van der Waals surface area contributed by atoms with Crippen LogP contribution in [0.3, 0.4) is 0 Å². The number of pyridine rings is 1. The molecule has 8 nitrogen and oxygen atoms in total. The third-order valence-corrected chi connectivity index (χ3v) is 5.51. The van der Waals surface area contributed by atoms with Crippen LogP contribution >= 0.6 is 0 Å². The van der Waals surface area contributed by atoms with Crippen LogP contribution in [0.25, 0.3) is 17.5 Å². The van der Waals surface area contributed by atoms with Gasteiger partial charge in [-0.2, -0.15) is 0 Å². The van der Waals surface area contributed by atoms with Crippen molar-refractivity contribution in [2.75, 3.05) is 19.8 Å². The number of hydrogen-bond acceptors (Lipinski definition) is 7. The van der Waals surface area contributed by atoms with Crippen LogP contribution in [0.5, 0.6) is 0 Å². The van der Waals surface area contributed by atoms with E-state index in [-0.39, 0.29) is 17.9 Å². The zero-order valence-electron chi connectivity index (χ0n) is 19.6. The van der Waals surface area contributed by atoms with Gasteiger partial charge in [0.15, 0.2) is 5.54 Å². The summed E-state index contributed by atoms with van der Waals surface area (Å²) in [5.41, 5.74) is 0.0197. The lowest BCUT2D eigenvalue weighted by molar-refractivity contribution is -0.143. The molecule has 1 unspecified atom stereocenters. The first-order valence-corrected chi connectivity index (χ1v) is 11.5. The highest BCUT2D eigenvalue weighted by Gasteiger charge is 2.46. The Hall–Kier alpha value is -3.84. The van der Waals surface area contributed by atoms with Crippen molar-refractivity contribution < 1.29 is 23.8 Å². The Balaban J connectivity index is 1.97. The van der Waals surface area contributed by atoms with Crippen LogP contribution < -0.4 is 5.32 Å². The van der Waals surface area contributed by atoms with Crippen molar-refractivity contribution in [1.29, 1.82) is 0 Å². The van der Waals surface area contributed by atoms with Crippen molar-refractivity contribution in [2.24, 2.45) is 0 Å². The van der Waals surface area contributed by atoms with Gasteiger partial charge in [-0.3, -0.25) is 10.3 Å². The van der Waals surface area contributed by atoms with E-state index in [1.54, 1.807) is 36.7 Å². The van der Waals surface area contributed by atoms with Crippen molar-refractivity contribution in [2.45, 2.75) is 31.7 Å². The first-order chi connectivity index (χ1) is 17.1. The first kappa shape index (κ1) is 25.8. The van der Waals surface area contributed by atoms with E-state index in [4.69, 9.17) is 9.15 Å². The fourth-order valence-electron chi connectivity index (χ4n) is 3.87. The summed E-state index contributed by atoms with van der Waals surface area (Å²) in [6.07, 6.45) is 11.3. The number of rotatable bonds is 14. The maximum absolute atomic E-state index is 12.9. The summed E-state index contributed by atoms with van der Waals surface area (Å²) >= 11 is 0. The molecule has 3 rings (SSSR count). The molecule has 0 amide bonds. The number of carboxylic acid groups (broad SMARTS) is 1. The number of carbonyl (C=O) groups excluding carboxylic acids is 1. The molecule has 0 saturated carbocycles. The lowest BCUT2D eigenvalue weighted by Crippen LogP contribution is -2.52. The van der Waals surface area contributed by atoms with Crippen molar-refractivity contribution in [3.05, 3.63) is 84.0 Å². The Morgan fingerprint density at radius 3 is 2.80 bits per heavy atom. The van der Waals surface area contributed by atoms with Gasteiger partial charge in [0.2, 0.25) is 5.89 Å². The summed E-state index contributed by atoms with van der Waals surface area (Å²) in [5, 5.41) is 13.7. The van der Waals surface area contributed by atoms with Crippen LogP contribution in [-0.2, 0) is 19.9 Å². The normalized spacial score (nSPS) is 12.8. The van der Waals surface area contributed by atoms with E-state index >= 15 is 0 Å². The summed E-state index contributed by atoms with van der Waals surface area (Å²) in [5.74, 6) is 1.00. The molecule has 8 heteroatoms. The maximum Gasteiger partial charge on any atom is 0.333 e.